The maximum Gasteiger partial charge on any atom is 0.259 e. The van der Waals surface area contributed by atoms with Crippen LogP contribution in [0.15, 0.2) is 90.5 Å². The molecular weight excluding hydrogens is 829 g/mol. The Morgan fingerprint density at radius 3 is 2.43 bits per heavy atom. The van der Waals surface area contributed by atoms with E-state index in [1.165, 1.54) is 12.3 Å². The van der Waals surface area contributed by atoms with Crippen LogP contribution in [0.25, 0.3) is 22.6 Å². The molecule has 14 nitrogen and oxygen atoms in total. The average Bonchev–Trinajstić information content (AvgIpc) is 3.68. The van der Waals surface area contributed by atoms with Crippen LogP contribution >= 0.6 is 0 Å². The van der Waals surface area contributed by atoms with E-state index in [4.69, 9.17) is 19.4 Å². The Morgan fingerprint density at radius 1 is 0.952 bits per heavy atom. The van der Waals surface area contributed by atoms with Crippen LogP contribution in [-0.2, 0) is 19.4 Å². The van der Waals surface area contributed by atoms with Crippen molar-refractivity contribution in [2.45, 2.75) is 39.2 Å². The number of nitrogens with one attached hydrogen (secondary N) is 2. The molecule has 2 aromatic carbocycles. The average molecular weight is 882 g/mol. The number of hydrogen-bond acceptors (Lipinski definition) is 12. The fourth-order valence-corrected chi connectivity index (χ4v) is 9.35. The first-order valence-corrected chi connectivity index (χ1v) is 23.4. The number of benzene rings is 2. The molecule has 0 saturated carbocycles. The Labute approximate surface area is 366 Å². The predicted octanol–water partition coefficient (Wildman–Crippen LogP) is 6.81. The monoisotopic (exact) mass is 881 g/mol. The van der Waals surface area contributed by atoms with E-state index in [0.717, 1.165) is 75.5 Å². The maximum atomic E-state index is 14.7. The molecule has 1 unspecified atom stereocenters. The molecular formula is C46H53F2N9O5S. The van der Waals surface area contributed by atoms with Crippen molar-refractivity contribution in [3.8, 4) is 17.1 Å². The van der Waals surface area contributed by atoms with Crippen LogP contribution in [-0.4, -0.2) is 121 Å². The number of nitrogens with zero attached hydrogens (tertiary/aromatic N) is 7. The molecule has 2 fully saturated rings. The number of sulfone groups is 1. The molecule has 2 N–H and O–H groups in total. The Bertz CT molecular complexity index is 2640. The van der Waals surface area contributed by atoms with E-state index in [-0.39, 0.29) is 17.2 Å². The lowest BCUT2D eigenvalue weighted by molar-refractivity contribution is -0.112. The van der Waals surface area contributed by atoms with Crippen molar-refractivity contribution in [1.82, 2.24) is 29.2 Å². The van der Waals surface area contributed by atoms with E-state index in [2.05, 4.69) is 36.4 Å². The fourth-order valence-electron chi connectivity index (χ4n) is 8.76. The van der Waals surface area contributed by atoms with Gasteiger partial charge in [-0.1, -0.05) is 19.1 Å². The summed E-state index contributed by atoms with van der Waals surface area (Å²) in [4.78, 5) is 35.5. The molecule has 17 heteroatoms. The number of aromatic nitrogens is 4. The third-order valence-electron chi connectivity index (χ3n) is 12.0. The van der Waals surface area contributed by atoms with E-state index in [9.17, 15) is 22.0 Å². The van der Waals surface area contributed by atoms with Gasteiger partial charge in [0.25, 0.3) is 5.91 Å². The number of anilines is 4. The van der Waals surface area contributed by atoms with Crippen molar-refractivity contribution in [2.24, 2.45) is 5.92 Å². The van der Waals surface area contributed by atoms with Crippen LogP contribution in [0.2, 0.25) is 0 Å². The van der Waals surface area contributed by atoms with E-state index < -0.39 is 33.1 Å². The summed E-state index contributed by atoms with van der Waals surface area (Å²) >= 11 is 0. The number of allylic oxidation sites excluding steroid dienone is 2. The number of carbonyl (C=O) groups excluding carboxylic acids is 1. The number of piperidine rings is 1. The Kier molecular flexibility index (Phi) is 13.1. The molecule has 63 heavy (non-hydrogen) atoms. The predicted molar refractivity (Wildman–Crippen MR) is 241 cm³/mol. The molecule has 1 aliphatic carbocycles. The second-order valence-corrected chi connectivity index (χ2v) is 18.5. The van der Waals surface area contributed by atoms with Crippen LogP contribution in [0.3, 0.4) is 0 Å². The van der Waals surface area contributed by atoms with Gasteiger partial charge in [0.2, 0.25) is 5.95 Å². The number of para-hydroxylation sites is 1. The first kappa shape index (κ1) is 43.7. The normalized spacial score (nSPS) is 18.1. The van der Waals surface area contributed by atoms with Crippen LogP contribution in [0.4, 0.5) is 31.8 Å². The molecule has 0 radical (unpaired) electrons. The standard InChI is InChI=1S/C46H53F2N9O5S/c1-5-62-44-30(2)27-31(28-34(44)45(58)53-42-35(47)9-8-10-36(42)48)41-43(57-18-7-6-11-40(57)52-41)38-14-17-49-46(51-38)50-37-13-12-33(29-39(37)61-3)55-19-15-32(16-20-55)56-23-21-54(22-24-56)25-26-63(4,59)60/h6-14,17-18,28-30,32H,5,15-16,19-27H2,1-4H3,(H,53,58)(H,49,50,51). The lowest BCUT2D eigenvalue weighted by Gasteiger charge is -2.43. The minimum absolute atomic E-state index is 0.153. The molecule has 1 amide bonds. The zero-order valence-corrected chi connectivity index (χ0v) is 36.8. The third kappa shape index (κ3) is 9.85. The quantitative estimate of drug-likeness (QED) is 0.121. The van der Waals surface area contributed by atoms with Crippen molar-refractivity contribution < 1.29 is 31.5 Å². The maximum absolute atomic E-state index is 14.7. The molecule has 332 valence electrons. The summed E-state index contributed by atoms with van der Waals surface area (Å²) in [6.45, 7) is 10.2. The van der Waals surface area contributed by atoms with Gasteiger partial charge >= 0.3 is 0 Å². The first-order valence-electron chi connectivity index (χ1n) is 21.4. The van der Waals surface area contributed by atoms with Crippen LogP contribution in [0.5, 0.6) is 5.75 Å². The summed E-state index contributed by atoms with van der Waals surface area (Å²) in [5.41, 5.74) is 4.60. The van der Waals surface area contributed by atoms with Gasteiger partial charge in [0.15, 0.2) is 0 Å². The molecule has 3 aromatic heterocycles. The first-order chi connectivity index (χ1) is 30.4. The second kappa shape index (κ2) is 18.8. The largest absolute Gasteiger partial charge is 0.497 e. The molecule has 8 rings (SSSR count). The lowest BCUT2D eigenvalue weighted by atomic mass is 9.86. The number of hydrogen-bond donors (Lipinski definition) is 2. The molecule has 5 heterocycles. The van der Waals surface area contributed by atoms with Gasteiger partial charge in [0, 0.05) is 88.2 Å². The number of pyridine rings is 1. The van der Waals surface area contributed by atoms with E-state index in [0.29, 0.717) is 71.5 Å². The number of amides is 1. The summed E-state index contributed by atoms with van der Waals surface area (Å²) in [7, 11) is -1.33. The van der Waals surface area contributed by atoms with Gasteiger partial charge < -0.3 is 25.0 Å². The van der Waals surface area contributed by atoms with Gasteiger partial charge in [-0.05, 0) is 80.3 Å². The Morgan fingerprint density at radius 2 is 1.71 bits per heavy atom. The molecule has 2 aliphatic heterocycles. The van der Waals surface area contributed by atoms with Crippen molar-refractivity contribution in [3.63, 3.8) is 0 Å². The van der Waals surface area contributed by atoms with E-state index >= 15 is 0 Å². The number of halogens is 2. The number of ether oxygens (including phenoxy) is 2. The van der Waals surface area contributed by atoms with Crippen molar-refractivity contribution >= 4 is 50.0 Å². The number of methoxy groups -OCH3 is 1. The third-order valence-corrected chi connectivity index (χ3v) is 12.9. The molecule has 0 bridgehead atoms. The van der Waals surface area contributed by atoms with Crippen LogP contribution < -0.4 is 20.3 Å². The summed E-state index contributed by atoms with van der Waals surface area (Å²) < 4.78 is 66.3. The van der Waals surface area contributed by atoms with Gasteiger partial charge in [0.05, 0.1) is 47.8 Å². The fraction of sp³-hybridized carbons (Fsp3) is 0.391. The van der Waals surface area contributed by atoms with Gasteiger partial charge in [-0.3, -0.25) is 19.0 Å². The highest BCUT2D eigenvalue weighted by atomic mass is 32.2. The minimum atomic E-state index is -2.96. The SMILES string of the molecule is CCOC1=C(C(=O)Nc2c(F)cccc2F)C=C(c2nc3ccccn3c2-c2ccnc(Nc3ccc(N4CCC(N5CCN(CCS(C)(=O)=O)CC5)CC4)cc3OC)n2)CC1C. The van der Waals surface area contributed by atoms with Gasteiger partial charge in [-0.15, -0.1) is 0 Å². The number of piperazine rings is 1. The second-order valence-electron chi connectivity index (χ2n) is 16.3. The number of imidazole rings is 1. The lowest BCUT2D eigenvalue weighted by Crippen LogP contribution is -2.53. The summed E-state index contributed by atoms with van der Waals surface area (Å²) in [5.74, 6) is -1.13. The zero-order valence-electron chi connectivity index (χ0n) is 36.0. The van der Waals surface area contributed by atoms with Gasteiger partial charge in [-0.2, -0.15) is 0 Å². The van der Waals surface area contributed by atoms with Crippen LogP contribution in [0.1, 0.15) is 38.8 Å². The highest BCUT2D eigenvalue weighted by molar-refractivity contribution is 7.90. The number of carbonyl (C=O) groups is 1. The van der Waals surface area contributed by atoms with Crippen molar-refractivity contribution in [1.29, 1.82) is 0 Å². The van der Waals surface area contributed by atoms with Crippen molar-refractivity contribution in [3.05, 3.63) is 108 Å². The van der Waals surface area contributed by atoms with E-state index in [1.54, 1.807) is 25.4 Å². The van der Waals surface area contributed by atoms with E-state index in [1.807, 2.05) is 54.8 Å². The number of rotatable bonds is 14. The summed E-state index contributed by atoms with van der Waals surface area (Å²) in [6, 6.07) is 17.5. The highest BCUT2D eigenvalue weighted by Gasteiger charge is 2.32. The topological polar surface area (TPSA) is 147 Å². The van der Waals surface area contributed by atoms with Crippen molar-refractivity contribution in [2.75, 3.05) is 87.1 Å². The Hall–Kier alpha value is -5.91. The Balaban J connectivity index is 1.01. The highest BCUT2D eigenvalue weighted by Crippen LogP contribution is 2.40. The molecule has 5 aromatic rings. The summed E-state index contributed by atoms with van der Waals surface area (Å²) in [5, 5.41) is 5.79. The molecule has 1 atom stereocenters. The van der Waals surface area contributed by atoms with Crippen LogP contribution in [0, 0.1) is 17.6 Å². The zero-order chi connectivity index (χ0) is 44.3. The molecule has 0 spiro atoms. The number of fused-ring (bicyclic) bond motifs is 1. The summed E-state index contributed by atoms with van der Waals surface area (Å²) in [6.07, 6.45) is 9.11. The van der Waals surface area contributed by atoms with Gasteiger partial charge in [-0.25, -0.2) is 32.2 Å². The molecule has 2 saturated heterocycles. The molecule has 3 aliphatic rings. The minimum Gasteiger partial charge on any atom is -0.497 e. The van der Waals surface area contributed by atoms with Gasteiger partial charge in [0.1, 0.15) is 44.3 Å². The smallest absolute Gasteiger partial charge is 0.259 e.